The van der Waals surface area contributed by atoms with E-state index in [-0.39, 0.29) is 6.10 Å². The Labute approximate surface area is 125 Å². The quantitative estimate of drug-likeness (QED) is 0.708. The molecule has 3 N–H and O–H groups in total. The van der Waals surface area contributed by atoms with E-state index in [2.05, 4.69) is 5.32 Å². The second-order valence-electron chi connectivity index (χ2n) is 5.64. The maximum atomic E-state index is 11.7. The zero-order valence-electron chi connectivity index (χ0n) is 13.1. The van der Waals surface area contributed by atoms with Gasteiger partial charge in [-0.05, 0) is 51.8 Å². The highest BCUT2D eigenvalue weighted by Crippen LogP contribution is 2.14. The summed E-state index contributed by atoms with van der Waals surface area (Å²) in [6, 6.07) is 7.67. The normalized spacial score (nSPS) is 15.4. The van der Waals surface area contributed by atoms with Crippen LogP contribution in [0.15, 0.2) is 24.3 Å². The molecule has 0 aliphatic heterocycles. The zero-order chi connectivity index (χ0) is 16.0. The number of hydrogen-bond donors (Lipinski definition) is 3. The summed E-state index contributed by atoms with van der Waals surface area (Å²) in [5, 5.41) is 21.8. The summed E-state index contributed by atoms with van der Waals surface area (Å²) in [5.41, 5.74) is -0.710. The lowest BCUT2D eigenvalue weighted by Crippen LogP contribution is -2.52. The van der Waals surface area contributed by atoms with Crippen molar-refractivity contribution >= 4 is 5.91 Å². The van der Waals surface area contributed by atoms with Crippen LogP contribution in [0, 0.1) is 0 Å². The molecule has 0 aliphatic carbocycles. The molecule has 0 saturated carbocycles. The lowest BCUT2D eigenvalue weighted by Gasteiger charge is -2.25. The van der Waals surface area contributed by atoms with Crippen LogP contribution in [0.2, 0.25) is 0 Å². The highest BCUT2D eigenvalue weighted by Gasteiger charge is 2.35. The number of carbonyl (C=O) groups excluding carboxylic acids is 1. The first kappa shape index (κ1) is 17.5. The summed E-state index contributed by atoms with van der Waals surface area (Å²) in [4.78, 5) is 11.7. The summed E-state index contributed by atoms with van der Waals surface area (Å²) in [6.07, 6.45) is -0.341. The van der Waals surface area contributed by atoms with Gasteiger partial charge in [0.05, 0.1) is 12.2 Å². The lowest BCUT2D eigenvalue weighted by atomic mass is 9.99. The monoisotopic (exact) mass is 295 g/mol. The third kappa shape index (κ3) is 5.36. The topological polar surface area (TPSA) is 78.8 Å². The number of carbonyl (C=O) groups is 1. The fourth-order valence-corrected chi connectivity index (χ4v) is 1.70. The van der Waals surface area contributed by atoms with Crippen LogP contribution >= 0.6 is 0 Å². The summed E-state index contributed by atoms with van der Waals surface area (Å²) < 4.78 is 5.55. The average molecular weight is 295 g/mol. The number of benzene rings is 1. The van der Waals surface area contributed by atoms with E-state index in [1.165, 1.54) is 13.8 Å². The third-order valence-corrected chi connectivity index (χ3v) is 3.27. The van der Waals surface area contributed by atoms with Gasteiger partial charge in [0.15, 0.2) is 5.60 Å². The number of ether oxygens (including phenoxy) is 1. The van der Waals surface area contributed by atoms with E-state index in [0.717, 1.165) is 11.3 Å². The van der Waals surface area contributed by atoms with Crippen molar-refractivity contribution in [2.75, 3.05) is 6.54 Å². The van der Waals surface area contributed by atoms with Gasteiger partial charge in [-0.2, -0.15) is 0 Å². The van der Waals surface area contributed by atoms with Crippen molar-refractivity contribution in [3.8, 4) is 5.75 Å². The molecule has 0 heterocycles. The van der Waals surface area contributed by atoms with Crippen molar-refractivity contribution in [2.24, 2.45) is 0 Å². The van der Waals surface area contributed by atoms with E-state index in [9.17, 15) is 15.0 Å². The molecule has 0 aliphatic rings. The minimum atomic E-state index is -1.77. The Hall–Kier alpha value is -1.59. The Balaban J connectivity index is 2.44. The number of hydrogen-bond acceptors (Lipinski definition) is 4. The molecule has 0 aromatic heterocycles. The second-order valence-corrected chi connectivity index (χ2v) is 5.64. The van der Waals surface area contributed by atoms with Crippen molar-refractivity contribution in [3.63, 3.8) is 0 Å². The molecule has 2 atom stereocenters. The van der Waals surface area contributed by atoms with Gasteiger partial charge in [0, 0.05) is 6.54 Å². The fraction of sp³-hybridized carbons (Fsp3) is 0.562. The first-order valence-electron chi connectivity index (χ1n) is 7.17. The number of rotatable bonds is 7. The van der Waals surface area contributed by atoms with E-state index >= 15 is 0 Å². The molecule has 0 saturated heterocycles. The summed E-state index contributed by atoms with van der Waals surface area (Å²) in [5.74, 6) is 0.243. The molecule has 2 unspecified atom stereocenters. The van der Waals surface area contributed by atoms with Gasteiger partial charge in [0.25, 0.3) is 5.91 Å². The molecule has 21 heavy (non-hydrogen) atoms. The largest absolute Gasteiger partial charge is 0.491 e. The lowest BCUT2D eigenvalue weighted by molar-refractivity contribution is -0.148. The Morgan fingerprint density at radius 2 is 1.86 bits per heavy atom. The highest BCUT2D eigenvalue weighted by molar-refractivity contribution is 5.85. The number of aliphatic hydroxyl groups excluding tert-OH is 1. The molecule has 118 valence electrons. The van der Waals surface area contributed by atoms with Crippen LogP contribution in [0.4, 0.5) is 0 Å². The van der Waals surface area contributed by atoms with Gasteiger partial charge in [-0.25, -0.2) is 0 Å². The van der Waals surface area contributed by atoms with E-state index < -0.39 is 17.6 Å². The van der Waals surface area contributed by atoms with E-state index in [1.807, 2.05) is 38.1 Å². The summed E-state index contributed by atoms with van der Waals surface area (Å²) >= 11 is 0. The first-order chi connectivity index (χ1) is 9.73. The minimum Gasteiger partial charge on any atom is -0.491 e. The molecule has 1 aromatic carbocycles. The average Bonchev–Trinajstić information content (AvgIpc) is 2.39. The first-order valence-corrected chi connectivity index (χ1v) is 7.17. The van der Waals surface area contributed by atoms with Crippen molar-refractivity contribution < 1.29 is 19.7 Å². The predicted octanol–water partition coefficient (Wildman–Crippen LogP) is 1.26. The van der Waals surface area contributed by atoms with Gasteiger partial charge in [0.2, 0.25) is 0 Å². The molecule has 0 bridgehead atoms. The molecule has 1 aromatic rings. The molecule has 5 heteroatoms. The number of aliphatic hydroxyl groups is 2. The van der Waals surface area contributed by atoms with Crippen molar-refractivity contribution in [3.05, 3.63) is 29.8 Å². The smallest absolute Gasteiger partial charge is 0.254 e. The Kier molecular flexibility index (Phi) is 6.18. The number of amides is 1. The molecule has 0 fully saturated rings. The van der Waals surface area contributed by atoms with Crippen LogP contribution in [-0.4, -0.2) is 40.5 Å². The molecule has 0 spiro atoms. The standard InChI is InChI=1S/C16H25NO4/c1-11(2)21-14-7-5-13(6-8-14)9-10-17-15(19)16(4,20)12(3)18/h5-8,11-12,18,20H,9-10H2,1-4H3,(H,17,19). The van der Waals surface area contributed by atoms with Gasteiger partial charge in [0.1, 0.15) is 5.75 Å². The molecular formula is C16H25NO4. The van der Waals surface area contributed by atoms with Crippen LogP contribution in [-0.2, 0) is 11.2 Å². The van der Waals surface area contributed by atoms with Gasteiger partial charge in [-0.1, -0.05) is 12.1 Å². The van der Waals surface area contributed by atoms with Gasteiger partial charge in [-0.15, -0.1) is 0 Å². The Bertz CT molecular complexity index is 452. The van der Waals surface area contributed by atoms with Crippen molar-refractivity contribution in [1.29, 1.82) is 0 Å². The van der Waals surface area contributed by atoms with Gasteiger partial charge < -0.3 is 20.3 Å². The maximum absolute atomic E-state index is 11.7. The van der Waals surface area contributed by atoms with E-state index in [1.54, 1.807) is 0 Å². The van der Waals surface area contributed by atoms with Crippen LogP contribution in [0.25, 0.3) is 0 Å². The SMILES string of the molecule is CC(C)Oc1ccc(CCNC(=O)C(C)(O)C(C)O)cc1. The Morgan fingerprint density at radius 3 is 2.33 bits per heavy atom. The molecule has 0 radical (unpaired) electrons. The van der Waals surface area contributed by atoms with Crippen molar-refractivity contribution in [2.45, 2.75) is 51.9 Å². The van der Waals surface area contributed by atoms with Gasteiger partial charge >= 0.3 is 0 Å². The second kappa shape index (κ2) is 7.43. The Morgan fingerprint density at radius 1 is 1.29 bits per heavy atom. The number of nitrogens with one attached hydrogen (secondary N) is 1. The third-order valence-electron chi connectivity index (χ3n) is 3.27. The fourth-order valence-electron chi connectivity index (χ4n) is 1.70. The molecule has 1 amide bonds. The highest BCUT2D eigenvalue weighted by atomic mass is 16.5. The predicted molar refractivity (Wildman–Crippen MR) is 81.2 cm³/mol. The van der Waals surface area contributed by atoms with Crippen LogP contribution in [0.3, 0.4) is 0 Å². The van der Waals surface area contributed by atoms with Crippen LogP contribution in [0.5, 0.6) is 5.75 Å². The van der Waals surface area contributed by atoms with Crippen LogP contribution < -0.4 is 10.1 Å². The molecule has 1 rings (SSSR count). The maximum Gasteiger partial charge on any atom is 0.254 e. The minimum absolute atomic E-state index is 0.137. The zero-order valence-corrected chi connectivity index (χ0v) is 13.1. The van der Waals surface area contributed by atoms with E-state index in [4.69, 9.17) is 4.74 Å². The van der Waals surface area contributed by atoms with Crippen molar-refractivity contribution in [1.82, 2.24) is 5.32 Å². The summed E-state index contributed by atoms with van der Waals surface area (Å²) in [6.45, 7) is 7.01. The molecular weight excluding hydrogens is 270 g/mol. The van der Waals surface area contributed by atoms with Gasteiger partial charge in [-0.3, -0.25) is 4.79 Å². The van der Waals surface area contributed by atoms with Crippen LogP contribution in [0.1, 0.15) is 33.3 Å². The molecule has 5 nitrogen and oxygen atoms in total. The summed E-state index contributed by atoms with van der Waals surface area (Å²) in [7, 11) is 0. The van der Waals surface area contributed by atoms with E-state index in [0.29, 0.717) is 13.0 Å².